The summed E-state index contributed by atoms with van der Waals surface area (Å²) in [5.74, 6) is 0. The Morgan fingerprint density at radius 3 is 2.50 bits per heavy atom. The van der Waals surface area contributed by atoms with Gasteiger partial charge >= 0.3 is 0 Å². The smallest absolute Gasteiger partial charge is 0.0657 e. The lowest BCUT2D eigenvalue weighted by Crippen LogP contribution is -2.20. The van der Waals surface area contributed by atoms with Crippen LogP contribution in [0.15, 0.2) is 0 Å². The highest BCUT2D eigenvalue weighted by Gasteiger charge is 2.21. The number of nitrogens with one attached hydrogen (secondary N) is 1. The first-order valence-electron chi connectivity index (χ1n) is 7.49. The molecule has 1 aliphatic rings. The van der Waals surface area contributed by atoms with Crippen LogP contribution in [0.1, 0.15) is 63.5 Å². The van der Waals surface area contributed by atoms with Gasteiger partial charge in [0.05, 0.1) is 5.69 Å². The first-order chi connectivity index (χ1) is 8.67. The van der Waals surface area contributed by atoms with E-state index < -0.39 is 0 Å². The van der Waals surface area contributed by atoms with Gasteiger partial charge in [0.1, 0.15) is 0 Å². The summed E-state index contributed by atoms with van der Waals surface area (Å²) in [7, 11) is 0. The SMILES string of the molecule is CCc1nn(C(C)C)c(CC)c1CCNC1CC1. The minimum Gasteiger partial charge on any atom is -0.314 e. The molecule has 0 aliphatic heterocycles. The molecule has 3 nitrogen and oxygen atoms in total. The fourth-order valence-corrected chi connectivity index (χ4v) is 2.62. The number of hydrogen-bond acceptors (Lipinski definition) is 2. The standard InChI is InChI=1S/C15H27N3/c1-5-14-13(9-10-16-12-7-8-12)15(6-2)18(17-14)11(3)4/h11-12,16H,5-10H2,1-4H3. The van der Waals surface area contributed by atoms with Gasteiger partial charge in [0, 0.05) is 17.8 Å². The summed E-state index contributed by atoms with van der Waals surface area (Å²) >= 11 is 0. The second kappa shape index (κ2) is 5.87. The Morgan fingerprint density at radius 2 is 2.00 bits per heavy atom. The largest absolute Gasteiger partial charge is 0.314 e. The van der Waals surface area contributed by atoms with Crippen LogP contribution in [0.2, 0.25) is 0 Å². The summed E-state index contributed by atoms with van der Waals surface area (Å²) in [5, 5.41) is 8.41. The first kappa shape index (κ1) is 13.6. The van der Waals surface area contributed by atoms with Gasteiger partial charge in [0.2, 0.25) is 0 Å². The Kier molecular flexibility index (Phi) is 4.44. The first-order valence-corrected chi connectivity index (χ1v) is 7.49. The number of rotatable bonds is 7. The van der Waals surface area contributed by atoms with Gasteiger partial charge in [-0.1, -0.05) is 13.8 Å². The minimum absolute atomic E-state index is 0.468. The van der Waals surface area contributed by atoms with Crippen LogP contribution in [0.3, 0.4) is 0 Å². The Balaban J connectivity index is 2.13. The Hall–Kier alpha value is -0.830. The van der Waals surface area contributed by atoms with Gasteiger partial charge in [-0.25, -0.2) is 0 Å². The molecule has 1 aromatic rings. The van der Waals surface area contributed by atoms with Gasteiger partial charge in [0.25, 0.3) is 0 Å². The predicted octanol–water partition coefficient (Wildman–Crippen LogP) is 2.88. The normalized spacial score (nSPS) is 15.6. The van der Waals surface area contributed by atoms with Gasteiger partial charge in [-0.2, -0.15) is 5.10 Å². The summed E-state index contributed by atoms with van der Waals surface area (Å²) in [6, 6.07) is 1.27. The second-order valence-corrected chi connectivity index (χ2v) is 5.60. The van der Waals surface area contributed by atoms with Crippen molar-refractivity contribution in [2.24, 2.45) is 0 Å². The molecule has 0 saturated heterocycles. The van der Waals surface area contributed by atoms with E-state index in [9.17, 15) is 0 Å². The third kappa shape index (κ3) is 2.94. The molecule has 102 valence electrons. The highest BCUT2D eigenvalue weighted by atomic mass is 15.3. The second-order valence-electron chi connectivity index (χ2n) is 5.60. The maximum absolute atomic E-state index is 4.80. The number of aromatic nitrogens is 2. The molecule has 0 atom stereocenters. The highest BCUT2D eigenvalue weighted by molar-refractivity contribution is 5.27. The van der Waals surface area contributed by atoms with Crippen LogP contribution in [0.25, 0.3) is 0 Å². The minimum atomic E-state index is 0.468. The molecule has 1 aromatic heterocycles. The Morgan fingerprint density at radius 1 is 1.28 bits per heavy atom. The molecule has 3 heteroatoms. The number of aryl methyl sites for hydroxylation is 1. The third-order valence-corrected chi connectivity index (χ3v) is 3.75. The molecule has 18 heavy (non-hydrogen) atoms. The van der Waals surface area contributed by atoms with E-state index in [1.807, 2.05) is 0 Å². The molecule has 1 N–H and O–H groups in total. The van der Waals surface area contributed by atoms with E-state index in [-0.39, 0.29) is 0 Å². The maximum Gasteiger partial charge on any atom is 0.0657 e. The molecule has 1 saturated carbocycles. The van der Waals surface area contributed by atoms with Crippen molar-refractivity contribution in [2.75, 3.05) is 6.54 Å². The Labute approximate surface area is 111 Å². The van der Waals surface area contributed by atoms with E-state index in [4.69, 9.17) is 5.10 Å². The summed E-state index contributed by atoms with van der Waals surface area (Å²) in [6.07, 6.45) is 6.00. The van der Waals surface area contributed by atoms with Crippen LogP contribution in [-0.4, -0.2) is 22.4 Å². The Bertz CT molecular complexity index is 389. The van der Waals surface area contributed by atoms with Gasteiger partial charge in [0.15, 0.2) is 0 Å². The molecule has 0 spiro atoms. The lowest BCUT2D eigenvalue weighted by Gasteiger charge is -2.11. The summed E-state index contributed by atoms with van der Waals surface area (Å²) < 4.78 is 2.23. The topological polar surface area (TPSA) is 29.9 Å². The average molecular weight is 249 g/mol. The monoisotopic (exact) mass is 249 g/mol. The van der Waals surface area contributed by atoms with E-state index in [1.54, 1.807) is 0 Å². The van der Waals surface area contributed by atoms with Gasteiger partial charge in [-0.15, -0.1) is 0 Å². The molecule has 0 aromatic carbocycles. The molecule has 1 heterocycles. The molecule has 0 amide bonds. The van der Waals surface area contributed by atoms with Crippen molar-refractivity contribution in [3.05, 3.63) is 17.0 Å². The van der Waals surface area contributed by atoms with E-state index in [1.165, 1.54) is 29.8 Å². The van der Waals surface area contributed by atoms with Crippen LogP contribution in [0.5, 0.6) is 0 Å². The fourth-order valence-electron chi connectivity index (χ4n) is 2.62. The molecular formula is C15H27N3. The van der Waals surface area contributed by atoms with Crippen LogP contribution in [0, 0.1) is 0 Å². The van der Waals surface area contributed by atoms with E-state index in [0.717, 1.165) is 31.8 Å². The van der Waals surface area contributed by atoms with E-state index >= 15 is 0 Å². The van der Waals surface area contributed by atoms with Crippen molar-refractivity contribution in [2.45, 2.75) is 71.9 Å². The van der Waals surface area contributed by atoms with Crippen LogP contribution >= 0.6 is 0 Å². The van der Waals surface area contributed by atoms with Crippen LogP contribution in [0.4, 0.5) is 0 Å². The summed E-state index contributed by atoms with van der Waals surface area (Å²) in [4.78, 5) is 0. The zero-order valence-electron chi connectivity index (χ0n) is 12.3. The average Bonchev–Trinajstić information content (AvgIpc) is 3.09. The molecule has 0 unspecified atom stereocenters. The van der Waals surface area contributed by atoms with Crippen molar-refractivity contribution in [1.29, 1.82) is 0 Å². The molecule has 2 rings (SSSR count). The van der Waals surface area contributed by atoms with Crippen molar-refractivity contribution < 1.29 is 0 Å². The van der Waals surface area contributed by atoms with Gasteiger partial charge in [-0.05, 0) is 58.1 Å². The van der Waals surface area contributed by atoms with Gasteiger partial charge < -0.3 is 5.32 Å². The quantitative estimate of drug-likeness (QED) is 0.805. The predicted molar refractivity (Wildman–Crippen MR) is 76.1 cm³/mol. The molecular weight excluding hydrogens is 222 g/mol. The molecule has 1 fully saturated rings. The fraction of sp³-hybridized carbons (Fsp3) is 0.800. The third-order valence-electron chi connectivity index (χ3n) is 3.75. The summed E-state index contributed by atoms with van der Waals surface area (Å²) in [5.41, 5.74) is 4.25. The molecule has 1 aliphatic carbocycles. The molecule has 0 radical (unpaired) electrons. The lowest BCUT2D eigenvalue weighted by molar-refractivity contribution is 0.506. The zero-order valence-corrected chi connectivity index (χ0v) is 12.3. The highest BCUT2D eigenvalue weighted by Crippen LogP contribution is 2.22. The zero-order chi connectivity index (χ0) is 13.1. The van der Waals surface area contributed by atoms with Crippen molar-refractivity contribution in [1.82, 2.24) is 15.1 Å². The number of hydrogen-bond donors (Lipinski definition) is 1. The van der Waals surface area contributed by atoms with Gasteiger partial charge in [-0.3, -0.25) is 4.68 Å². The lowest BCUT2D eigenvalue weighted by atomic mass is 10.1. The maximum atomic E-state index is 4.80. The summed E-state index contributed by atoms with van der Waals surface area (Å²) in [6.45, 7) is 10.0. The van der Waals surface area contributed by atoms with E-state index in [0.29, 0.717) is 6.04 Å². The number of nitrogens with zero attached hydrogens (tertiary/aromatic N) is 2. The van der Waals surface area contributed by atoms with Crippen molar-refractivity contribution in [3.63, 3.8) is 0 Å². The van der Waals surface area contributed by atoms with E-state index in [2.05, 4.69) is 37.7 Å². The van der Waals surface area contributed by atoms with Crippen molar-refractivity contribution in [3.8, 4) is 0 Å². The van der Waals surface area contributed by atoms with Crippen LogP contribution < -0.4 is 5.32 Å². The van der Waals surface area contributed by atoms with Crippen LogP contribution in [-0.2, 0) is 19.3 Å². The van der Waals surface area contributed by atoms with Crippen molar-refractivity contribution >= 4 is 0 Å². The molecule has 0 bridgehead atoms.